The van der Waals surface area contributed by atoms with Crippen molar-refractivity contribution in [3.63, 3.8) is 0 Å². The van der Waals surface area contributed by atoms with Gasteiger partial charge in [0, 0.05) is 12.8 Å². The number of ether oxygens (including phenoxy) is 2. The summed E-state index contributed by atoms with van der Waals surface area (Å²) < 4.78 is 47.8. The van der Waals surface area contributed by atoms with Gasteiger partial charge in [-0.15, -0.1) is 0 Å². The Morgan fingerprint density at radius 1 is 0.475 bits per heavy atom. The number of hydrogen-bond donors (Lipinski definition) is 4. The number of unbranched alkanes of at least 4 members (excludes halogenated alkanes) is 17. The lowest BCUT2D eigenvalue weighted by Crippen LogP contribution is -2.30. The van der Waals surface area contributed by atoms with Crippen molar-refractivity contribution in [2.45, 2.75) is 193 Å². The number of rotatable bonds is 43. The Morgan fingerprint density at radius 2 is 0.852 bits per heavy atom. The highest BCUT2D eigenvalue weighted by atomic mass is 31.2. The molecule has 13 nitrogen and oxygen atoms in total. The number of carbonyl (C=O) groups is 2. The van der Waals surface area contributed by atoms with Crippen LogP contribution in [0.15, 0.2) is 60.8 Å². The molecule has 0 saturated heterocycles. The van der Waals surface area contributed by atoms with Crippen LogP contribution >= 0.6 is 15.6 Å². The first-order chi connectivity index (χ1) is 29.4. The zero-order chi connectivity index (χ0) is 45.1. The van der Waals surface area contributed by atoms with Crippen LogP contribution in [-0.4, -0.2) is 70.4 Å². The molecule has 0 spiro atoms. The van der Waals surface area contributed by atoms with Crippen molar-refractivity contribution >= 4 is 27.6 Å². The number of allylic oxidation sites excluding steroid dienone is 10. The topological polar surface area (TPSA) is 195 Å². The van der Waals surface area contributed by atoms with Crippen molar-refractivity contribution in [3.8, 4) is 0 Å². The van der Waals surface area contributed by atoms with Crippen molar-refractivity contribution < 1.29 is 61.6 Å². The predicted octanol–water partition coefficient (Wildman–Crippen LogP) is 12.0. The van der Waals surface area contributed by atoms with Gasteiger partial charge in [0.25, 0.3) is 0 Å². The largest absolute Gasteiger partial charge is 0.472 e. The summed E-state index contributed by atoms with van der Waals surface area (Å²) in [5.74, 6) is -1.08. The van der Waals surface area contributed by atoms with Crippen LogP contribution in [0, 0.1) is 0 Å². The third kappa shape index (κ3) is 45.7. The van der Waals surface area contributed by atoms with E-state index in [0.29, 0.717) is 12.8 Å². The summed E-state index contributed by atoms with van der Waals surface area (Å²) in [4.78, 5) is 52.7. The Hall–Kier alpha value is -2.18. The first-order valence-electron chi connectivity index (χ1n) is 23.0. The van der Waals surface area contributed by atoms with Crippen LogP contribution in [0.25, 0.3) is 0 Å². The number of aliphatic hydroxyl groups is 1. The third-order valence-corrected chi connectivity index (χ3v) is 10.8. The SMILES string of the molecule is CCCCC/C=C\C/C=C\C/C=C\C/C=C\CCCCCC(=O)O[C@H](COC(=O)CCCCCCC/C=C\CCCCCCCC)COP(=O)(O)OC[C@@H](O)COP(=O)(O)O. The summed E-state index contributed by atoms with van der Waals surface area (Å²) in [6, 6.07) is 0. The number of phosphoric acid groups is 2. The van der Waals surface area contributed by atoms with Gasteiger partial charge in [-0.2, -0.15) is 0 Å². The molecule has 0 rings (SSSR count). The Bertz CT molecular complexity index is 1310. The summed E-state index contributed by atoms with van der Waals surface area (Å²) in [6.07, 6.45) is 44.9. The van der Waals surface area contributed by atoms with Crippen molar-refractivity contribution in [3.05, 3.63) is 60.8 Å². The number of hydrogen-bond acceptors (Lipinski definition) is 10. The lowest BCUT2D eigenvalue weighted by molar-refractivity contribution is -0.161. The molecule has 0 bridgehead atoms. The van der Waals surface area contributed by atoms with Crippen molar-refractivity contribution in [1.29, 1.82) is 0 Å². The van der Waals surface area contributed by atoms with E-state index in [1.165, 1.54) is 57.8 Å². The van der Waals surface area contributed by atoms with Crippen LogP contribution in [0.4, 0.5) is 0 Å². The summed E-state index contributed by atoms with van der Waals surface area (Å²) >= 11 is 0. The molecule has 0 saturated carbocycles. The molecule has 354 valence electrons. The number of carbonyl (C=O) groups excluding carboxylic acids is 2. The summed E-state index contributed by atoms with van der Waals surface area (Å²) in [5.41, 5.74) is 0. The second-order valence-corrected chi connectivity index (χ2v) is 18.0. The number of aliphatic hydroxyl groups excluding tert-OH is 1. The molecule has 0 aromatic heterocycles. The van der Waals surface area contributed by atoms with Crippen molar-refractivity contribution in [2.75, 3.05) is 26.4 Å². The van der Waals surface area contributed by atoms with Crippen LogP contribution in [-0.2, 0) is 41.8 Å². The molecule has 0 amide bonds. The quantitative estimate of drug-likeness (QED) is 0.0195. The molecule has 0 radical (unpaired) electrons. The molecule has 15 heteroatoms. The van der Waals surface area contributed by atoms with E-state index in [9.17, 15) is 28.7 Å². The van der Waals surface area contributed by atoms with Crippen LogP contribution in [0.3, 0.4) is 0 Å². The molecular formula is C46H82O13P2. The predicted molar refractivity (Wildman–Crippen MR) is 244 cm³/mol. The lowest BCUT2D eigenvalue weighted by Gasteiger charge is -2.20. The Morgan fingerprint density at radius 3 is 1.38 bits per heavy atom. The second-order valence-electron chi connectivity index (χ2n) is 15.3. The molecule has 0 fully saturated rings. The summed E-state index contributed by atoms with van der Waals surface area (Å²) in [6.45, 7) is 1.69. The Labute approximate surface area is 368 Å². The van der Waals surface area contributed by atoms with Crippen molar-refractivity contribution in [1.82, 2.24) is 0 Å². The fraction of sp³-hybridized carbons (Fsp3) is 0.739. The zero-order valence-corrected chi connectivity index (χ0v) is 39.3. The van der Waals surface area contributed by atoms with E-state index < -0.39 is 66.2 Å². The molecule has 4 N–H and O–H groups in total. The molecule has 61 heavy (non-hydrogen) atoms. The molecule has 0 aliphatic heterocycles. The summed E-state index contributed by atoms with van der Waals surface area (Å²) in [7, 11) is -9.69. The van der Waals surface area contributed by atoms with Crippen LogP contribution < -0.4 is 0 Å². The average Bonchev–Trinajstić information content (AvgIpc) is 3.22. The maximum absolute atomic E-state index is 12.7. The normalized spacial score (nSPS) is 14.5. The van der Waals surface area contributed by atoms with E-state index in [-0.39, 0.29) is 12.8 Å². The standard InChI is InChI=1S/C46H82O13P2/c1-3-5-7-9-11-13-15-17-19-20-21-22-24-26-28-30-32-34-36-38-46(49)59-44(42-58-61(53,54)57-40-43(47)39-56-60(50,51)52)41-55-45(48)37-35-33-31-29-27-25-23-18-16-14-12-10-8-6-4-2/h11,13,17-19,21-23,26,28,43-44,47H,3-10,12,14-16,20,24-25,27,29-42H2,1-2H3,(H,53,54)(H2,50,51,52)/b13-11-,19-17-,22-21-,23-18-,28-26-/t43-,44+/m0/s1. The van der Waals surface area contributed by atoms with Gasteiger partial charge < -0.3 is 29.3 Å². The monoisotopic (exact) mass is 905 g/mol. The zero-order valence-electron chi connectivity index (χ0n) is 37.5. The van der Waals surface area contributed by atoms with Crippen molar-refractivity contribution in [2.24, 2.45) is 0 Å². The molecule has 0 aliphatic carbocycles. The second kappa shape index (κ2) is 41.8. The summed E-state index contributed by atoms with van der Waals surface area (Å²) in [5, 5.41) is 9.75. The maximum Gasteiger partial charge on any atom is 0.472 e. The van der Waals surface area contributed by atoms with Gasteiger partial charge in [-0.05, 0) is 83.5 Å². The maximum atomic E-state index is 12.7. The van der Waals surface area contributed by atoms with Gasteiger partial charge in [0.15, 0.2) is 6.10 Å². The molecule has 0 heterocycles. The first-order valence-corrected chi connectivity index (χ1v) is 26.0. The third-order valence-electron chi connectivity index (χ3n) is 9.37. The van der Waals surface area contributed by atoms with E-state index >= 15 is 0 Å². The highest BCUT2D eigenvalue weighted by Crippen LogP contribution is 2.43. The van der Waals surface area contributed by atoms with E-state index in [4.69, 9.17) is 23.8 Å². The smallest absolute Gasteiger partial charge is 0.462 e. The van der Waals surface area contributed by atoms with E-state index in [2.05, 4.69) is 83.7 Å². The van der Waals surface area contributed by atoms with Gasteiger partial charge in [-0.1, -0.05) is 145 Å². The van der Waals surface area contributed by atoms with Gasteiger partial charge >= 0.3 is 27.6 Å². The number of phosphoric ester groups is 2. The van der Waals surface area contributed by atoms with E-state index in [1.54, 1.807) is 0 Å². The van der Waals surface area contributed by atoms with Crippen LogP contribution in [0.2, 0.25) is 0 Å². The highest BCUT2D eigenvalue weighted by molar-refractivity contribution is 7.47. The van der Waals surface area contributed by atoms with Gasteiger partial charge in [-0.25, -0.2) is 9.13 Å². The highest BCUT2D eigenvalue weighted by Gasteiger charge is 2.28. The minimum absolute atomic E-state index is 0.0903. The fourth-order valence-corrected chi connectivity index (χ4v) is 7.01. The van der Waals surface area contributed by atoms with Gasteiger partial charge in [0.1, 0.15) is 12.7 Å². The molecule has 0 aliphatic rings. The van der Waals surface area contributed by atoms with Gasteiger partial charge in [0.2, 0.25) is 0 Å². The minimum atomic E-state index is -4.87. The van der Waals surface area contributed by atoms with Gasteiger partial charge in [0.05, 0.1) is 19.8 Å². The lowest BCUT2D eigenvalue weighted by atomic mass is 10.1. The molecule has 0 aromatic rings. The molecular weight excluding hydrogens is 822 g/mol. The minimum Gasteiger partial charge on any atom is -0.462 e. The average molecular weight is 905 g/mol. The molecule has 3 atom stereocenters. The number of esters is 2. The molecule has 0 aromatic carbocycles. The van der Waals surface area contributed by atoms with E-state index in [1.807, 2.05) is 0 Å². The van der Waals surface area contributed by atoms with Gasteiger partial charge in [-0.3, -0.25) is 23.2 Å². The fourth-order valence-electron chi connectivity index (χ4n) is 5.85. The Balaban J connectivity index is 4.58. The van der Waals surface area contributed by atoms with Crippen LogP contribution in [0.1, 0.15) is 181 Å². The first kappa shape index (κ1) is 58.8. The van der Waals surface area contributed by atoms with E-state index in [0.717, 1.165) is 83.5 Å². The molecule has 1 unspecified atom stereocenters. The van der Waals surface area contributed by atoms with Crippen LogP contribution in [0.5, 0.6) is 0 Å². The Kier molecular flexibility index (Phi) is 40.3.